The molecular weight excluding hydrogens is 556 g/mol. The molecule has 0 bridgehead atoms. The highest BCUT2D eigenvalue weighted by Gasteiger charge is 2.36. The Balaban J connectivity index is 0. The number of amides is 2. The van der Waals surface area contributed by atoms with Gasteiger partial charge in [-0.05, 0) is 52.4 Å². The quantitative estimate of drug-likeness (QED) is 0.181. The highest BCUT2D eigenvalue weighted by molar-refractivity contribution is 5.98. The SMILES string of the molecule is CC.CC(C)(C)OC(=O)N[C@@H](C(=O)O)C(C)(C)C.CC(C)(C)OC(=O)N[C@@H](C(=O)OCC(=O)c1ccccc1)C(C)(C)C. The third kappa shape index (κ3) is 19.2. The lowest BCUT2D eigenvalue weighted by atomic mass is 9.87. The maximum Gasteiger partial charge on any atom is 0.408 e. The van der Waals surface area contributed by atoms with Gasteiger partial charge < -0.3 is 30.0 Å². The molecule has 0 radical (unpaired) electrons. The van der Waals surface area contributed by atoms with Crippen molar-refractivity contribution in [1.29, 1.82) is 0 Å². The molecule has 0 heterocycles. The average molecular weight is 611 g/mol. The number of hydrogen-bond donors (Lipinski definition) is 3. The van der Waals surface area contributed by atoms with E-state index < -0.39 is 58.2 Å². The number of nitrogens with one attached hydrogen (secondary N) is 2. The minimum atomic E-state index is -1.07. The van der Waals surface area contributed by atoms with Gasteiger partial charge in [-0.15, -0.1) is 0 Å². The van der Waals surface area contributed by atoms with Gasteiger partial charge in [-0.25, -0.2) is 19.2 Å². The summed E-state index contributed by atoms with van der Waals surface area (Å²) in [6.45, 7) is 24.6. The Morgan fingerprint density at radius 2 is 1.05 bits per heavy atom. The van der Waals surface area contributed by atoms with E-state index in [1.165, 1.54) is 0 Å². The first-order valence-corrected chi connectivity index (χ1v) is 14.3. The predicted molar refractivity (Wildman–Crippen MR) is 166 cm³/mol. The van der Waals surface area contributed by atoms with Gasteiger partial charge >= 0.3 is 24.1 Å². The minimum Gasteiger partial charge on any atom is -0.480 e. The number of aliphatic carboxylic acids is 1. The second-order valence-corrected chi connectivity index (χ2v) is 13.6. The van der Waals surface area contributed by atoms with E-state index in [4.69, 9.17) is 19.3 Å². The Kier molecular flexibility index (Phi) is 16.9. The molecule has 0 aliphatic carbocycles. The van der Waals surface area contributed by atoms with Crippen LogP contribution in [0.1, 0.15) is 107 Å². The maximum absolute atomic E-state index is 12.4. The molecule has 11 nitrogen and oxygen atoms in total. The molecule has 1 aromatic carbocycles. The minimum absolute atomic E-state index is 0.307. The first-order valence-electron chi connectivity index (χ1n) is 14.3. The zero-order chi connectivity index (χ0) is 34.4. The molecule has 2 atom stereocenters. The topological polar surface area (TPSA) is 157 Å². The summed E-state index contributed by atoms with van der Waals surface area (Å²) in [5.74, 6) is -2.06. The number of Topliss-reactive ketones (excluding diaryl/α,β-unsaturated/α-hetero) is 1. The molecule has 3 N–H and O–H groups in total. The van der Waals surface area contributed by atoms with Crippen LogP contribution >= 0.6 is 0 Å². The number of ketones is 1. The van der Waals surface area contributed by atoms with Crippen molar-refractivity contribution in [3.05, 3.63) is 35.9 Å². The number of alkyl carbamates (subject to hydrolysis) is 2. The zero-order valence-electron chi connectivity index (χ0n) is 28.5. The Bertz CT molecular complexity index is 1040. The Morgan fingerprint density at radius 3 is 1.37 bits per heavy atom. The predicted octanol–water partition coefficient (Wildman–Crippen LogP) is 6.39. The number of carbonyl (C=O) groups is 5. The Labute approximate surface area is 257 Å². The first kappa shape index (κ1) is 41.5. The van der Waals surface area contributed by atoms with Gasteiger partial charge in [0.05, 0.1) is 0 Å². The molecule has 0 fully saturated rings. The van der Waals surface area contributed by atoms with Crippen molar-refractivity contribution >= 4 is 29.9 Å². The molecule has 246 valence electrons. The molecule has 43 heavy (non-hydrogen) atoms. The lowest BCUT2D eigenvalue weighted by Crippen LogP contribution is -2.51. The highest BCUT2D eigenvalue weighted by atomic mass is 16.6. The number of hydrogen-bond acceptors (Lipinski definition) is 8. The third-order valence-electron chi connectivity index (χ3n) is 4.98. The number of ether oxygens (including phenoxy) is 3. The van der Waals surface area contributed by atoms with E-state index in [0.29, 0.717) is 5.56 Å². The molecule has 11 heteroatoms. The molecule has 0 saturated heterocycles. The number of esters is 1. The van der Waals surface area contributed by atoms with Crippen LogP contribution in [0.15, 0.2) is 30.3 Å². The van der Waals surface area contributed by atoms with Crippen molar-refractivity contribution in [3.63, 3.8) is 0 Å². The summed E-state index contributed by atoms with van der Waals surface area (Å²) >= 11 is 0. The van der Waals surface area contributed by atoms with Crippen LogP contribution in [0.4, 0.5) is 9.59 Å². The van der Waals surface area contributed by atoms with Gasteiger partial charge in [0.2, 0.25) is 0 Å². The molecule has 2 amide bonds. The van der Waals surface area contributed by atoms with E-state index in [2.05, 4.69) is 10.6 Å². The van der Waals surface area contributed by atoms with Gasteiger partial charge in [0.25, 0.3) is 0 Å². The highest BCUT2D eigenvalue weighted by Crippen LogP contribution is 2.22. The fourth-order valence-electron chi connectivity index (χ4n) is 3.06. The summed E-state index contributed by atoms with van der Waals surface area (Å²) in [5.41, 5.74) is -2.03. The molecule has 0 unspecified atom stereocenters. The molecule has 0 spiro atoms. The molecular formula is C32H54N2O9. The van der Waals surface area contributed by atoms with E-state index in [1.807, 2.05) is 13.8 Å². The maximum atomic E-state index is 12.4. The molecule has 1 aromatic rings. The van der Waals surface area contributed by atoms with Crippen LogP contribution < -0.4 is 10.6 Å². The van der Waals surface area contributed by atoms with Crippen molar-refractivity contribution in [2.45, 2.75) is 120 Å². The van der Waals surface area contributed by atoms with Crippen LogP contribution in [0.2, 0.25) is 0 Å². The average Bonchev–Trinajstić information content (AvgIpc) is 2.82. The van der Waals surface area contributed by atoms with Crippen molar-refractivity contribution in [1.82, 2.24) is 10.6 Å². The van der Waals surface area contributed by atoms with Gasteiger partial charge in [0.15, 0.2) is 12.4 Å². The van der Waals surface area contributed by atoms with Gasteiger partial charge in [-0.2, -0.15) is 0 Å². The monoisotopic (exact) mass is 610 g/mol. The van der Waals surface area contributed by atoms with Crippen molar-refractivity contribution < 1.29 is 43.3 Å². The number of rotatable bonds is 7. The first-order chi connectivity index (χ1) is 19.3. The van der Waals surface area contributed by atoms with Crippen molar-refractivity contribution in [2.75, 3.05) is 6.61 Å². The second kappa shape index (κ2) is 17.5. The summed E-state index contributed by atoms with van der Waals surface area (Å²) in [6.07, 6.45) is -1.42. The number of carboxylic acids is 1. The fraction of sp³-hybridized carbons (Fsp3) is 0.656. The summed E-state index contributed by atoms with van der Waals surface area (Å²) in [7, 11) is 0. The van der Waals surface area contributed by atoms with Crippen LogP contribution in [-0.4, -0.2) is 64.9 Å². The molecule has 0 aromatic heterocycles. The number of carbonyl (C=O) groups excluding carboxylic acids is 4. The van der Waals surface area contributed by atoms with E-state index >= 15 is 0 Å². The van der Waals surface area contributed by atoms with Crippen LogP contribution in [0, 0.1) is 10.8 Å². The normalized spacial score (nSPS) is 12.9. The molecule has 0 saturated carbocycles. The van der Waals surface area contributed by atoms with Gasteiger partial charge in [-0.1, -0.05) is 85.7 Å². The third-order valence-corrected chi connectivity index (χ3v) is 4.98. The summed E-state index contributed by atoms with van der Waals surface area (Å²) < 4.78 is 15.3. The van der Waals surface area contributed by atoms with Crippen LogP contribution in [0.5, 0.6) is 0 Å². The molecule has 0 aliphatic heterocycles. The van der Waals surface area contributed by atoms with Crippen LogP contribution in [-0.2, 0) is 23.8 Å². The van der Waals surface area contributed by atoms with E-state index in [-0.39, 0.29) is 12.4 Å². The Hall–Kier alpha value is -3.63. The molecule has 0 aliphatic rings. The van der Waals surface area contributed by atoms with Crippen LogP contribution in [0.25, 0.3) is 0 Å². The largest absolute Gasteiger partial charge is 0.480 e. The van der Waals surface area contributed by atoms with Gasteiger partial charge in [0, 0.05) is 5.56 Å². The fourth-order valence-corrected chi connectivity index (χ4v) is 3.06. The van der Waals surface area contributed by atoms with Gasteiger partial charge in [-0.3, -0.25) is 4.79 Å². The zero-order valence-corrected chi connectivity index (χ0v) is 28.5. The van der Waals surface area contributed by atoms with E-state index in [9.17, 15) is 24.0 Å². The van der Waals surface area contributed by atoms with Crippen LogP contribution in [0.3, 0.4) is 0 Å². The summed E-state index contributed by atoms with van der Waals surface area (Å²) in [6, 6.07) is 6.65. The van der Waals surface area contributed by atoms with Gasteiger partial charge in [0.1, 0.15) is 23.3 Å². The molecule has 1 rings (SSSR count). The summed E-state index contributed by atoms with van der Waals surface area (Å²) in [5, 5.41) is 13.9. The van der Waals surface area contributed by atoms with Crippen molar-refractivity contribution in [2.24, 2.45) is 10.8 Å². The number of carboxylic acid groups (broad SMARTS) is 1. The lowest BCUT2D eigenvalue weighted by molar-refractivity contribution is -0.148. The lowest BCUT2D eigenvalue weighted by Gasteiger charge is -2.30. The number of benzene rings is 1. The van der Waals surface area contributed by atoms with E-state index in [1.54, 1.807) is 113 Å². The standard InChI is InChI=1S/C19H27NO5.C11H21NO4.C2H6/c1-18(2,3)15(20-17(23)25-19(4,5)6)16(22)24-12-14(21)13-10-8-7-9-11-13;1-10(2,3)7(8(13)14)12-9(15)16-11(4,5)6;1-2/h7-11,15H,12H2,1-6H3,(H,20,23);7H,1-6H3,(H,12,15)(H,13,14);1-2H3/t15-;7-;/m00./s1. The smallest absolute Gasteiger partial charge is 0.408 e. The van der Waals surface area contributed by atoms with E-state index in [0.717, 1.165) is 0 Å². The second-order valence-electron chi connectivity index (χ2n) is 13.6. The van der Waals surface area contributed by atoms with Crippen molar-refractivity contribution in [3.8, 4) is 0 Å². The summed E-state index contributed by atoms with van der Waals surface area (Å²) in [4.78, 5) is 58.8. The Morgan fingerprint density at radius 1 is 0.674 bits per heavy atom.